The number of nitrogens with one attached hydrogen (secondary N) is 2. The molecule has 8 nitrogen and oxygen atoms in total. The topological polar surface area (TPSA) is 144 Å². The van der Waals surface area contributed by atoms with E-state index in [1.54, 1.807) is 0 Å². The molecular weight excluding hydrogens is 228 g/mol. The van der Waals surface area contributed by atoms with Crippen LogP contribution in [0.3, 0.4) is 0 Å². The smallest absolute Gasteiger partial charge is 0.257 e. The van der Waals surface area contributed by atoms with Gasteiger partial charge in [0, 0.05) is 6.20 Å². The van der Waals surface area contributed by atoms with Crippen LogP contribution in [-0.4, -0.2) is 50.1 Å². The summed E-state index contributed by atoms with van der Waals surface area (Å²) >= 11 is 0. The van der Waals surface area contributed by atoms with E-state index in [-0.39, 0.29) is 18.1 Å². The first-order chi connectivity index (χ1) is 8.04. The molecule has 17 heavy (non-hydrogen) atoms. The number of nitrogen functional groups attached to an aromatic ring is 1. The van der Waals surface area contributed by atoms with Crippen molar-refractivity contribution >= 4 is 5.95 Å². The standard InChI is InChI=1S/C9H14N4O4/c10-9-11-1-3(8(17)13-9)5-7(16)6(15)4(2-14)12-5/h1,4-7,12,14-16H,2H2,(H3,10,11,13,17)/t4-,5?,6-,7+/m1/s1. The minimum absolute atomic E-state index is 0.0227. The minimum Gasteiger partial charge on any atom is -0.395 e. The van der Waals surface area contributed by atoms with E-state index in [9.17, 15) is 15.0 Å². The van der Waals surface area contributed by atoms with Gasteiger partial charge in [-0.05, 0) is 0 Å². The second-order valence-electron chi connectivity index (χ2n) is 3.97. The zero-order valence-corrected chi connectivity index (χ0v) is 8.87. The molecule has 0 amide bonds. The quantitative estimate of drug-likeness (QED) is 0.326. The van der Waals surface area contributed by atoms with E-state index < -0.39 is 29.9 Å². The highest BCUT2D eigenvalue weighted by atomic mass is 16.3. The van der Waals surface area contributed by atoms with Crippen molar-refractivity contribution in [3.63, 3.8) is 0 Å². The van der Waals surface area contributed by atoms with Crippen LogP contribution in [0.15, 0.2) is 11.0 Å². The molecule has 1 unspecified atom stereocenters. The van der Waals surface area contributed by atoms with Gasteiger partial charge in [-0.1, -0.05) is 0 Å². The molecule has 1 saturated heterocycles. The highest BCUT2D eigenvalue weighted by Crippen LogP contribution is 2.25. The fourth-order valence-corrected chi connectivity index (χ4v) is 1.94. The Bertz CT molecular complexity index is 463. The number of nitrogens with zero attached hydrogens (tertiary/aromatic N) is 1. The number of aliphatic hydroxyl groups excluding tert-OH is 3. The first kappa shape index (κ1) is 12.0. The fourth-order valence-electron chi connectivity index (χ4n) is 1.94. The van der Waals surface area contributed by atoms with Crippen molar-refractivity contribution in [2.75, 3.05) is 12.3 Å². The zero-order valence-electron chi connectivity index (χ0n) is 8.87. The molecular formula is C9H14N4O4. The Labute approximate surface area is 96.1 Å². The zero-order chi connectivity index (χ0) is 12.6. The second kappa shape index (κ2) is 4.41. The normalized spacial score (nSPS) is 32.9. The fraction of sp³-hybridized carbons (Fsp3) is 0.556. The van der Waals surface area contributed by atoms with Crippen LogP contribution in [0.1, 0.15) is 11.6 Å². The maximum absolute atomic E-state index is 11.6. The van der Waals surface area contributed by atoms with Gasteiger partial charge in [0.25, 0.3) is 5.56 Å². The van der Waals surface area contributed by atoms with E-state index in [1.807, 2.05) is 0 Å². The van der Waals surface area contributed by atoms with Gasteiger partial charge in [-0.3, -0.25) is 15.1 Å². The van der Waals surface area contributed by atoms with Crippen LogP contribution < -0.4 is 16.6 Å². The SMILES string of the molecule is Nc1ncc(C2N[C@H](CO)[C@@H](O)[C@H]2O)c(=O)[nH]1. The van der Waals surface area contributed by atoms with Gasteiger partial charge in [-0.25, -0.2) is 4.98 Å². The van der Waals surface area contributed by atoms with E-state index >= 15 is 0 Å². The number of hydrogen-bond acceptors (Lipinski definition) is 7. The molecule has 4 atom stereocenters. The Balaban J connectivity index is 2.32. The first-order valence-corrected chi connectivity index (χ1v) is 5.12. The highest BCUT2D eigenvalue weighted by molar-refractivity contribution is 5.23. The van der Waals surface area contributed by atoms with E-state index in [1.165, 1.54) is 6.20 Å². The van der Waals surface area contributed by atoms with Crippen molar-refractivity contribution < 1.29 is 15.3 Å². The van der Waals surface area contributed by atoms with Crippen molar-refractivity contribution in [3.8, 4) is 0 Å². The molecule has 7 N–H and O–H groups in total. The van der Waals surface area contributed by atoms with Gasteiger partial charge < -0.3 is 21.1 Å². The van der Waals surface area contributed by atoms with E-state index in [2.05, 4.69) is 15.3 Å². The Kier molecular flexibility index (Phi) is 3.11. The summed E-state index contributed by atoms with van der Waals surface area (Å²) in [4.78, 5) is 17.6. The average molecular weight is 242 g/mol. The van der Waals surface area contributed by atoms with E-state index in [0.717, 1.165) is 0 Å². The Morgan fingerprint density at radius 3 is 2.65 bits per heavy atom. The number of aromatic nitrogens is 2. The van der Waals surface area contributed by atoms with Crippen molar-refractivity contribution in [2.24, 2.45) is 0 Å². The molecule has 0 radical (unpaired) electrons. The molecule has 0 aliphatic carbocycles. The summed E-state index contributed by atoms with van der Waals surface area (Å²) in [5.74, 6) is -0.0227. The number of aliphatic hydroxyl groups is 3. The first-order valence-electron chi connectivity index (χ1n) is 5.12. The van der Waals surface area contributed by atoms with Gasteiger partial charge in [0.15, 0.2) is 5.95 Å². The van der Waals surface area contributed by atoms with Gasteiger partial charge in [0.1, 0.15) is 6.10 Å². The number of nitrogens with two attached hydrogens (primary N) is 1. The molecule has 1 aliphatic heterocycles. The Morgan fingerprint density at radius 2 is 2.12 bits per heavy atom. The predicted molar refractivity (Wildman–Crippen MR) is 58.0 cm³/mol. The van der Waals surface area contributed by atoms with E-state index in [0.29, 0.717) is 0 Å². The summed E-state index contributed by atoms with van der Waals surface area (Å²) in [7, 11) is 0. The molecule has 2 rings (SSSR count). The Hall–Kier alpha value is -1.48. The number of H-pyrrole nitrogens is 1. The highest BCUT2D eigenvalue weighted by Gasteiger charge is 2.42. The van der Waals surface area contributed by atoms with Crippen molar-refractivity contribution in [2.45, 2.75) is 24.3 Å². The molecule has 0 bridgehead atoms. The van der Waals surface area contributed by atoms with Gasteiger partial charge in [0.2, 0.25) is 0 Å². The summed E-state index contributed by atoms with van der Waals surface area (Å²) < 4.78 is 0. The number of rotatable bonds is 2. The van der Waals surface area contributed by atoms with Crippen LogP contribution in [0.5, 0.6) is 0 Å². The molecule has 1 aromatic rings. The van der Waals surface area contributed by atoms with E-state index in [4.69, 9.17) is 10.8 Å². The number of anilines is 1. The van der Waals surface area contributed by atoms with Crippen molar-refractivity contribution in [3.05, 3.63) is 22.1 Å². The maximum Gasteiger partial charge on any atom is 0.257 e. The van der Waals surface area contributed by atoms with Gasteiger partial charge in [-0.15, -0.1) is 0 Å². The lowest BCUT2D eigenvalue weighted by molar-refractivity contribution is 0.0193. The van der Waals surface area contributed by atoms with Crippen molar-refractivity contribution in [1.29, 1.82) is 0 Å². The number of aromatic amines is 1. The Morgan fingerprint density at radius 1 is 1.41 bits per heavy atom. The van der Waals surface area contributed by atoms with Crippen LogP contribution in [0.25, 0.3) is 0 Å². The number of hydrogen-bond donors (Lipinski definition) is 6. The lowest BCUT2D eigenvalue weighted by atomic mass is 10.0. The molecule has 1 fully saturated rings. The molecule has 0 spiro atoms. The summed E-state index contributed by atoms with van der Waals surface area (Å²) in [6, 6.07) is -1.45. The summed E-state index contributed by atoms with van der Waals surface area (Å²) in [5, 5.41) is 31.1. The van der Waals surface area contributed by atoms with Crippen LogP contribution >= 0.6 is 0 Å². The lowest BCUT2D eigenvalue weighted by Gasteiger charge is -2.14. The monoisotopic (exact) mass is 242 g/mol. The third-order valence-corrected chi connectivity index (χ3v) is 2.88. The third kappa shape index (κ3) is 2.03. The predicted octanol–water partition coefficient (Wildman–Crippen LogP) is -2.92. The molecule has 1 aliphatic rings. The van der Waals surface area contributed by atoms with Crippen molar-refractivity contribution in [1.82, 2.24) is 15.3 Å². The second-order valence-corrected chi connectivity index (χ2v) is 3.97. The van der Waals surface area contributed by atoms with Gasteiger partial charge in [0.05, 0.1) is 30.4 Å². The molecule has 0 aromatic carbocycles. The summed E-state index contributed by atoms with van der Waals surface area (Å²) in [5.41, 5.74) is 4.98. The van der Waals surface area contributed by atoms with Crippen LogP contribution in [0.2, 0.25) is 0 Å². The summed E-state index contributed by atoms with van der Waals surface area (Å²) in [6.45, 7) is -0.338. The summed E-state index contributed by atoms with van der Waals surface area (Å²) in [6.07, 6.45) is -1.08. The molecule has 2 heterocycles. The van der Waals surface area contributed by atoms with Gasteiger partial charge in [-0.2, -0.15) is 0 Å². The maximum atomic E-state index is 11.6. The molecule has 1 aromatic heterocycles. The largest absolute Gasteiger partial charge is 0.395 e. The molecule has 0 saturated carbocycles. The van der Waals surface area contributed by atoms with Crippen LogP contribution in [-0.2, 0) is 0 Å². The third-order valence-electron chi connectivity index (χ3n) is 2.88. The average Bonchev–Trinajstić information content (AvgIpc) is 2.57. The molecule has 94 valence electrons. The molecule has 8 heteroatoms. The van der Waals surface area contributed by atoms with Crippen LogP contribution in [0.4, 0.5) is 5.95 Å². The van der Waals surface area contributed by atoms with Gasteiger partial charge >= 0.3 is 0 Å². The minimum atomic E-state index is -1.18. The lowest BCUT2D eigenvalue weighted by Crippen LogP contribution is -2.36. The van der Waals surface area contributed by atoms with Crippen LogP contribution in [0, 0.1) is 0 Å².